The van der Waals surface area contributed by atoms with Gasteiger partial charge in [-0.15, -0.1) is 5.10 Å². The lowest BCUT2D eigenvalue weighted by atomic mass is 10.0. The van der Waals surface area contributed by atoms with E-state index >= 15 is 0 Å². The van der Waals surface area contributed by atoms with Gasteiger partial charge < -0.3 is 4.90 Å². The molecule has 2 aromatic heterocycles. The predicted octanol–water partition coefficient (Wildman–Crippen LogP) is 4.84. The maximum absolute atomic E-state index is 13.2. The van der Waals surface area contributed by atoms with Gasteiger partial charge in [-0.1, -0.05) is 0 Å². The molecular weight excluding hydrogens is 523 g/mol. The van der Waals surface area contributed by atoms with Crippen molar-refractivity contribution in [2.75, 3.05) is 7.05 Å². The first-order valence-corrected chi connectivity index (χ1v) is 9.88. The van der Waals surface area contributed by atoms with Crippen LogP contribution in [-0.4, -0.2) is 48.8 Å². The molecule has 37 heavy (non-hydrogen) atoms. The monoisotopic (exact) mass is 536 g/mol. The number of benzene rings is 1. The molecule has 3 rings (SSSR count). The van der Waals surface area contributed by atoms with E-state index in [-0.39, 0.29) is 30.0 Å². The van der Waals surface area contributed by atoms with Crippen LogP contribution in [0.15, 0.2) is 36.7 Å². The lowest BCUT2D eigenvalue weighted by Gasteiger charge is -2.25. The van der Waals surface area contributed by atoms with Crippen LogP contribution < -0.4 is 0 Å². The maximum atomic E-state index is 13.2. The molecule has 0 spiro atoms. The average molecular weight is 536 g/mol. The van der Waals surface area contributed by atoms with Crippen molar-refractivity contribution in [2.45, 2.75) is 31.5 Å². The Balaban J connectivity index is 2.07. The normalized spacial score (nSPS) is 13.1. The largest absolute Gasteiger partial charge is 0.458 e. The number of alkyl halides is 9. The Bertz CT molecular complexity index is 1320. The maximum Gasteiger partial charge on any atom is 0.458 e. The number of aromatic nitrogens is 5. The number of halogens is 9. The molecule has 0 saturated heterocycles. The van der Waals surface area contributed by atoms with E-state index in [4.69, 9.17) is 0 Å². The summed E-state index contributed by atoms with van der Waals surface area (Å²) in [6, 6.07) is 0.539. The molecule has 0 saturated carbocycles. The molecule has 0 N–H and O–H groups in total. The van der Waals surface area contributed by atoms with Crippen LogP contribution in [0.25, 0.3) is 5.95 Å². The first kappa shape index (κ1) is 27.4. The molecule has 3 aromatic rings. The molecule has 0 aliphatic carbocycles. The molecule has 0 aliphatic heterocycles. The molecule has 1 aromatic carbocycles. The molecule has 16 heteroatoms. The van der Waals surface area contributed by atoms with Crippen molar-refractivity contribution in [3.63, 3.8) is 0 Å². The molecule has 0 radical (unpaired) electrons. The van der Waals surface area contributed by atoms with Crippen LogP contribution >= 0.6 is 0 Å². The van der Waals surface area contributed by atoms with Crippen LogP contribution in [-0.2, 0) is 12.4 Å². The third-order valence-electron chi connectivity index (χ3n) is 4.80. The SMILES string of the molecule is CC(c1nc(C#CC(F)(F)F)nn1-c1ncccn1)N(C)C(=O)c1cc(C(F)(F)F)cc(C(F)(F)F)c1. The Morgan fingerprint density at radius 3 is 1.97 bits per heavy atom. The van der Waals surface area contributed by atoms with Gasteiger partial charge in [-0.05, 0) is 37.1 Å². The summed E-state index contributed by atoms with van der Waals surface area (Å²) in [4.78, 5) is 25.3. The lowest BCUT2D eigenvalue weighted by Crippen LogP contribution is -2.32. The van der Waals surface area contributed by atoms with E-state index in [0.717, 1.165) is 22.5 Å². The Morgan fingerprint density at radius 2 is 1.49 bits per heavy atom. The van der Waals surface area contributed by atoms with E-state index in [9.17, 15) is 44.3 Å². The van der Waals surface area contributed by atoms with E-state index in [0.29, 0.717) is 0 Å². The summed E-state index contributed by atoms with van der Waals surface area (Å²) in [5.41, 5.74) is -4.33. The summed E-state index contributed by atoms with van der Waals surface area (Å²) < 4.78 is 118. The van der Waals surface area contributed by atoms with Crippen LogP contribution in [0.4, 0.5) is 39.5 Å². The Kier molecular flexibility index (Phi) is 7.20. The number of rotatable bonds is 4. The minimum absolute atomic E-state index is 0.130. The fourth-order valence-electron chi connectivity index (χ4n) is 2.95. The van der Waals surface area contributed by atoms with Gasteiger partial charge in [-0.3, -0.25) is 4.79 Å². The van der Waals surface area contributed by atoms with Crippen LogP contribution in [0.3, 0.4) is 0 Å². The van der Waals surface area contributed by atoms with Crippen LogP contribution in [0.1, 0.15) is 46.1 Å². The molecule has 7 nitrogen and oxygen atoms in total. The second-order valence-electron chi connectivity index (χ2n) is 7.39. The Hall–Kier alpha value is -4.16. The molecule has 1 amide bonds. The van der Waals surface area contributed by atoms with Gasteiger partial charge in [0.25, 0.3) is 11.9 Å². The second-order valence-corrected chi connectivity index (χ2v) is 7.39. The van der Waals surface area contributed by atoms with E-state index in [1.807, 2.05) is 0 Å². The Morgan fingerprint density at radius 1 is 0.946 bits per heavy atom. The zero-order chi connectivity index (χ0) is 27.8. The van der Waals surface area contributed by atoms with Crippen LogP contribution in [0.5, 0.6) is 0 Å². The fraction of sp³-hybridized carbons (Fsp3) is 0.286. The number of nitrogens with zero attached hydrogens (tertiary/aromatic N) is 6. The summed E-state index contributed by atoms with van der Waals surface area (Å²) in [5.74, 6) is 0.275. The number of hydrogen-bond acceptors (Lipinski definition) is 5. The van der Waals surface area contributed by atoms with Crippen molar-refractivity contribution < 1.29 is 44.3 Å². The molecule has 0 fully saturated rings. The third kappa shape index (κ3) is 6.54. The predicted molar refractivity (Wildman–Crippen MR) is 107 cm³/mol. The van der Waals surface area contributed by atoms with Crippen LogP contribution in [0, 0.1) is 11.8 Å². The minimum atomic E-state index is -5.18. The topological polar surface area (TPSA) is 76.8 Å². The van der Waals surface area contributed by atoms with Gasteiger partial charge in [0.15, 0.2) is 5.82 Å². The van der Waals surface area contributed by atoms with Crippen molar-refractivity contribution in [1.82, 2.24) is 29.6 Å². The zero-order valence-corrected chi connectivity index (χ0v) is 18.5. The van der Waals surface area contributed by atoms with Crippen molar-refractivity contribution in [1.29, 1.82) is 0 Å². The molecule has 2 heterocycles. The highest BCUT2D eigenvalue weighted by molar-refractivity contribution is 5.94. The van der Waals surface area contributed by atoms with Gasteiger partial charge >= 0.3 is 18.5 Å². The van der Waals surface area contributed by atoms with Gasteiger partial charge in [0.05, 0.1) is 17.2 Å². The van der Waals surface area contributed by atoms with Crippen molar-refractivity contribution >= 4 is 5.91 Å². The number of amides is 1. The first-order chi connectivity index (χ1) is 17.0. The number of carbonyl (C=O) groups is 1. The first-order valence-electron chi connectivity index (χ1n) is 9.88. The van der Waals surface area contributed by atoms with Gasteiger partial charge in [0, 0.05) is 30.9 Å². The summed E-state index contributed by atoms with van der Waals surface area (Å²) in [6.07, 6.45) is -12.7. The quantitative estimate of drug-likeness (QED) is 0.353. The lowest BCUT2D eigenvalue weighted by molar-refractivity contribution is -0.143. The highest BCUT2D eigenvalue weighted by Gasteiger charge is 2.38. The summed E-state index contributed by atoms with van der Waals surface area (Å²) >= 11 is 0. The summed E-state index contributed by atoms with van der Waals surface area (Å²) in [7, 11) is 1.05. The standard InChI is InChI=1S/C21H13F9N6O/c1-11(16-33-15(4-5-19(22,23)24)34-36(16)18-31-6-3-7-32-18)35(2)17(37)12-8-13(20(25,26)27)10-14(9-12)21(28,29)30/h3,6-11H,1-2H3. The molecule has 1 unspecified atom stereocenters. The van der Waals surface area contributed by atoms with Gasteiger partial charge in [0.2, 0.25) is 5.82 Å². The fourth-order valence-corrected chi connectivity index (χ4v) is 2.95. The number of hydrogen-bond donors (Lipinski definition) is 0. The summed E-state index contributed by atoms with van der Waals surface area (Å²) in [6.45, 7) is 1.26. The summed E-state index contributed by atoms with van der Waals surface area (Å²) in [5, 5.41) is 3.78. The van der Waals surface area contributed by atoms with Gasteiger partial charge in [-0.2, -0.15) is 44.2 Å². The zero-order valence-electron chi connectivity index (χ0n) is 18.5. The molecular formula is C21H13F9N6O. The van der Waals surface area contributed by atoms with Crippen LogP contribution in [0.2, 0.25) is 0 Å². The highest BCUT2D eigenvalue weighted by atomic mass is 19.4. The van der Waals surface area contributed by atoms with E-state index in [2.05, 4.69) is 20.1 Å². The van der Waals surface area contributed by atoms with E-state index in [1.165, 1.54) is 25.4 Å². The molecule has 1 atom stereocenters. The molecule has 0 aliphatic rings. The van der Waals surface area contributed by atoms with Gasteiger partial charge in [-0.25, -0.2) is 15.0 Å². The van der Waals surface area contributed by atoms with E-state index < -0.39 is 53.0 Å². The Labute approximate surface area is 202 Å². The second kappa shape index (κ2) is 9.71. The number of carbonyl (C=O) groups excluding carboxylic acids is 1. The average Bonchev–Trinajstić information content (AvgIpc) is 3.24. The van der Waals surface area contributed by atoms with Crippen molar-refractivity contribution in [3.8, 4) is 17.8 Å². The molecule has 0 bridgehead atoms. The smallest absolute Gasteiger partial charge is 0.332 e. The van der Waals surface area contributed by atoms with Crippen molar-refractivity contribution in [3.05, 3.63) is 65.0 Å². The van der Waals surface area contributed by atoms with Gasteiger partial charge in [0.1, 0.15) is 0 Å². The third-order valence-corrected chi connectivity index (χ3v) is 4.80. The molecule has 196 valence electrons. The minimum Gasteiger partial charge on any atom is -0.332 e. The highest BCUT2D eigenvalue weighted by Crippen LogP contribution is 2.37. The van der Waals surface area contributed by atoms with E-state index in [1.54, 1.807) is 5.92 Å². The van der Waals surface area contributed by atoms with Crippen molar-refractivity contribution in [2.24, 2.45) is 0 Å².